The van der Waals surface area contributed by atoms with E-state index in [4.69, 9.17) is 4.74 Å². The number of amides is 3. The summed E-state index contributed by atoms with van der Waals surface area (Å²) in [4.78, 5) is 26.0. The van der Waals surface area contributed by atoms with Crippen molar-refractivity contribution in [1.29, 1.82) is 0 Å². The van der Waals surface area contributed by atoms with Gasteiger partial charge in [-0.3, -0.25) is 5.32 Å². The lowest BCUT2D eigenvalue weighted by Gasteiger charge is -2.27. The number of benzene rings is 1. The molecule has 1 aliphatic carbocycles. The molecule has 3 rings (SSSR count). The molecule has 0 aromatic heterocycles. The Labute approximate surface area is 136 Å². The van der Waals surface area contributed by atoms with Crippen LogP contribution in [0.15, 0.2) is 18.2 Å². The van der Waals surface area contributed by atoms with E-state index in [1.54, 1.807) is 19.1 Å². The highest BCUT2D eigenvalue weighted by Crippen LogP contribution is 2.37. The van der Waals surface area contributed by atoms with E-state index in [9.17, 15) is 9.59 Å². The van der Waals surface area contributed by atoms with E-state index >= 15 is 0 Å². The molecule has 2 aliphatic rings. The van der Waals surface area contributed by atoms with Gasteiger partial charge in [0.15, 0.2) is 0 Å². The quantitative estimate of drug-likeness (QED) is 0.895. The number of fused-ring (bicyclic) bond motifs is 2. The molecule has 1 aromatic carbocycles. The maximum atomic E-state index is 12.5. The summed E-state index contributed by atoms with van der Waals surface area (Å²) in [6, 6.07) is 5.78. The predicted molar refractivity (Wildman–Crippen MR) is 88.7 cm³/mol. The van der Waals surface area contributed by atoms with Crippen LogP contribution in [-0.4, -0.2) is 36.2 Å². The Morgan fingerprint density at radius 2 is 2.00 bits per heavy atom. The highest BCUT2D eigenvalue weighted by atomic mass is 16.5. The number of rotatable bonds is 3. The molecular weight excluding hydrogens is 294 g/mol. The molecule has 2 atom stereocenters. The molecule has 124 valence electrons. The molecule has 23 heavy (non-hydrogen) atoms. The molecule has 0 radical (unpaired) electrons. The maximum Gasteiger partial charge on any atom is 0.411 e. The first kappa shape index (κ1) is 15.6. The normalized spacial score (nSPS) is 22.1. The van der Waals surface area contributed by atoms with Crippen LogP contribution >= 0.6 is 0 Å². The zero-order valence-corrected chi connectivity index (χ0v) is 13.6. The summed E-state index contributed by atoms with van der Waals surface area (Å²) in [5, 5.41) is 5.67. The second-order valence-corrected chi connectivity index (χ2v) is 6.24. The Morgan fingerprint density at radius 1 is 1.26 bits per heavy atom. The van der Waals surface area contributed by atoms with Crippen LogP contribution in [0.5, 0.6) is 0 Å². The second-order valence-electron chi connectivity index (χ2n) is 6.24. The van der Waals surface area contributed by atoms with Crippen molar-refractivity contribution >= 4 is 23.5 Å². The summed E-state index contributed by atoms with van der Waals surface area (Å²) in [5.41, 5.74) is 2.18. The molecule has 2 unspecified atom stereocenters. The molecule has 6 nitrogen and oxygen atoms in total. The van der Waals surface area contributed by atoms with Crippen molar-refractivity contribution in [3.8, 4) is 0 Å². The predicted octanol–water partition coefficient (Wildman–Crippen LogP) is 3.58. The number of carbonyl (C=O) groups excluding carboxylic acids is 2. The van der Waals surface area contributed by atoms with Crippen molar-refractivity contribution in [3.63, 3.8) is 0 Å². The van der Waals surface area contributed by atoms with Crippen LogP contribution in [0.1, 0.15) is 31.7 Å². The highest BCUT2D eigenvalue weighted by Gasteiger charge is 2.40. The topological polar surface area (TPSA) is 70.7 Å². The van der Waals surface area contributed by atoms with Crippen molar-refractivity contribution in [2.24, 2.45) is 5.92 Å². The van der Waals surface area contributed by atoms with Crippen molar-refractivity contribution in [3.05, 3.63) is 23.8 Å². The summed E-state index contributed by atoms with van der Waals surface area (Å²) in [6.45, 7) is 4.80. The van der Waals surface area contributed by atoms with Gasteiger partial charge < -0.3 is 15.0 Å². The third-order valence-electron chi connectivity index (χ3n) is 4.76. The zero-order chi connectivity index (χ0) is 16.4. The number of hydrogen-bond acceptors (Lipinski definition) is 3. The maximum absolute atomic E-state index is 12.5. The van der Waals surface area contributed by atoms with E-state index in [1.807, 2.05) is 17.9 Å². The zero-order valence-electron chi connectivity index (χ0n) is 13.6. The minimum absolute atomic E-state index is 0.0476. The van der Waals surface area contributed by atoms with Gasteiger partial charge in [0, 0.05) is 24.0 Å². The first-order valence-electron chi connectivity index (χ1n) is 8.19. The van der Waals surface area contributed by atoms with Crippen molar-refractivity contribution < 1.29 is 14.3 Å². The van der Waals surface area contributed by atoms with E-state index in [0.29, 0.717) is 29.9 Å². The molecule has 1 saturated carbocycles. The van der Waals surface area contributed by atoms with Crippen LogP contribution in [0.2, 0.25) is 0 Å². The van der Waals surface area contributed by atoms with Crippen LogP contribution in [0.25, 0.3) is 0 Å². The number of hydrogen-bond donors (Lipinski definition) is 2. The largest absolute Gasteiger partial charge is 0.450 e. The van der Waals surface area contributed by atoms with Gasteiger partial charge in [-0.1, -0.05) is 6.07 Å². The highest BCUT2D eigenvalue weighted by molar-refractivity contribution is 5.93. The molecule has 1 aromatic rings. The summed E-state index contributed by atoms with van der Waals surface area (Å²) in [7, 11) is 0. The SMILES string of the molecule is CCOC(=O)Nc1cccc(NC(=O)N2CC3CCC2C3)c1C. The lowest BCUT2D eigenvalue weighted by molar-refractivity contribution is 0.168. The van der Waals surface area contributed by atoms with Gasteiger partial charge in [-0.05, 0) is 56.7 Å². The molecule has 1 saturated heterocycles. The Morgan fingerprint density at radius 3 is 2.61 bits per heavy atom. The van der Waals surface area contributed by atoms with E-state index in [1.165, 1.54) is 6.42 Å². The number of nitrogens with zero attached hydrogens (tertiary/aromatic N) is 1. The van der Waals surface area contributed by atoms with Gasteiger partial charge in [0.1, 0.15) is 0 Å². The van der Waals surface area contributed by atoms with Gasteiger partial charge in [-0.15, -0.1) is 0 Å². The van der Waals surface area contributed by atoms with Crippen molar-refractivity contribution in [2.45, 2.75) is 39.2 Å². The third-order valence-corrected chi connectivity index (χ3v) is 4.76. The molecule has 2 bridgehead atoms. The van der Waals surface area contributed by atoms with E-state index in [0.717, 1.165) is 24.9 Å². The summed E-state index contributed by atoms with van der Waals surface area (Å²) < 4.78 is 4.89. The Hall–Kier alpha value is -2.24. The minimum Gasteiger partial charge on any atom is -0.450 e. The van der Waals surface area contributed by atoms with Gasteiger partial charge in [0.25, 0.3) is 0 Å². The average Bonchev–Trinajstić information content (AvgIpc) is 3.14. The number of likely N-dealkylation sites (tertiary alicyclic amines) is 1. The molecule has 1 heterocycles. The molecule has 0 spiro atoms. The summed E-state index contributed by atoms with van der Waals surface area (Å²) in [6.07, 6.45) is 3.00. The van der Waals surface area contributed by atoms with Gasteiger partial charge in [-0.2, -0.15) is 0 Å². The summed E-state index contributed by atoms with van der Waals surface area (Å²) >= 11 is 0. The molecule has 2 fully saturated rings. The fraction of sp³-hybridized carbons (Fsp3) is 0.529. The Kier molecular flexibility index (Phi) is 4.41. The first-order valence-corrected chi connectivity index (χ1v) is 8.19. The van der Waals surface area contributed by atoms with Crippen LogP contribution in [0.4, 0.5) is 21.0 Å². The lowest BCUT2D eigenvalue weighted by Crippen LogP contribution is -2.40. The number of urea groups is 1. The van der Waals surface area contributed by atoms with Crippen LogP contribution in [0, 0.1) is 12.8 Å². The fourth-order valence-corrected chi connectivity index (χ4v) is 3.54. The molecule has 1 aliphatic heterocycles. The Balaban J connectivity index is 1.68. The van der Waals surface area contributed by atoms with Crippen molar-refractivity contribution in [1.82, 2.24) is 4.90 Å². The number of anilines is 2. The van der Waals surface area contributed by atoms with Crippen LogP contribution in [-0.2, 0) is 4.74 Å². The third kappa shape index (κ3) is 3.25. The summed E-state index contributed by atoms with van der Waals surface area (Å²) in [5.74, 6) is 0.670. The fourth-order valence-electron chi connectivity index (χ4n) is 3.54. The molecule has 6 heteroatoms. The molecule has 3 amide bonds. The van der Waals surface area contributed by atoms with Crippen LogP contribution in [0.3, 0.4) is 0 Å². The average molecular weight is 317 g/mol. The number of ether oxygens (including phenoxy) is 1. The number of piperidine rings is 1. The standard InChI is InChI=1S/C17H23N3O3/c1-3-23-17(22)19-15-6-4-5-14(11(15)2)18-16(21)20-10-12-7-8-13(20)9-12/h4-6,12-13H,3,7-10H2,1-2H3,(H,18,21)(H,19,22). The smallest absolute Gasteiger partial charge is 0.411 e. The molecular formula is C17H23N3O3. The Bertz CT molecular complexity index is 617. The number of nitrogens with one attached hydrogen (secondary N) is 2. The molecule has 2 N–H and O–H groups in total. The van der Waals surface area contributed by atoms with E-state index < -0.39 is 6.09 Å². The van der Waals surface area contributed by atoms with Crippen molar-refractivity contribution in [2.75, 3.05) is 23.8 Å². The number of carbonyl (C=O) groups is 2. The minimum atomic E-state index is -0.490. The van der Waals surface area contributed by atoms with E-state index in [2.05, 4.69) is 10.6 Å². The first-order chi connectivity index (χ1) is 11.1. The van der Waals surface area contributed by atoms with Gasteiger partial charge in [-0.25, -0.2) is 9.59 Å². The van der Waals surface area contributed by atoms with Gasteiger partial charge in [0.05, 0.1) is 6.61 Å². The van der Waals surface area contributed by atoms with Gasteiger partial charge in [0.2, 0.25) is 0 Å². The van der Waals surface area contributed by atoms with Gasteiger partial charge >= 0.3 is 12.1 Å². The second kappa shape index (κ2) is 6.48. The van der Waals surface area contributed by atoms with E-state index in [-0.39, 0.29) is 6.03 Å². The monoisotopic (exact) mass is 317 g/mol. The van der Waals surface area contributed by atoms with Crippen LogP contribution < -0.4 is 10.6 Å². The lowest BCUT2D eigenvalue weighted by atomic mass is 10.1.